The van der Waals surface area contributed by atoms with Crippen LogP contribution in [-0.4, -0.2) is 62.9 Å². The van der Waals surface area contributed by atoms with E-state index < -0.39 is 15.1 Å². The van der Waals surface area contributed by atoms with E-state index in [4.69, 9.17) is 0 Å². The molecule has 0 aromatic carbocycles. The summed E-state index contributed by atoms with van der Waals surface area (Å²) in [4.78, 5) is 54.8. The lowest BCUT2D eigenvalue weighted by atomic mass is 9.95. The minimum Gasteiger partial charge on any atom is -0.306 e. The topological polar surface area (TPSA) is 180 Å². The van der Waals surface area contributed by atoms with Crippen LogP contribution in [-0.2, 0) is 28.9 Å². The van der Waals surface area contributed by atoms with Crippen molar-refractivity contribution in [1.29, 1.82) is 0 Å². The van der Waals surface area contributed by atoms with Crippen LogP contribution in [0, 0.1) is 47.3 Å². The Morgan fingerprint density at radius 1 is 0.488 bits per heavy atom. The third-order valence-electron chi connectivity index (χ3n) is 13.1. The van der Waals surface area contributed by atoms with Gasteiger partial charge in [0.1, 0.15) is 0 Å². The molecule has 18 heteroatoms. The Morgan fingerprint density at radius 2 is 0.915 bits per heavy atom. The fourth-order valence-electron chi connectivity index (χ4n) is 9.76. The fraction of sp³-hybridized carbons (Fsp3) is 0.688. The van der Waals surface area contributed by atoms with Gasteiger partial charge in [0, 0.05) is 78.1 Å². The number of hydrogen-bond donors (Lipinski definition) is 1. The maximum atomic E-state index is 11.7. The molecule has 472 valence electrons. The van der Waals surface area contributed by atoms with E-state index in [9.17, 15) is 27.6 Å². The van der Waals surface area contributed by atoms with E-state index in [0.29, 0.717) is 58.6 Å². The van der Waals surface area contributed by atoms with Crippen LogP contribution in [0.5, 0.6) is 0 Å². The second-order valence-corrected chi connectivity index (χ2v) is 27.9. The number of amides is 2. The number of nitrogens with zero attached hydrogens (tertiary/aromatic N) is 8. The molecule has 0 saturated heterocycles. The van der Waals surface area contributed by atoms with E-state index in [1.165, 1.54) is 63.0 Å². The van der Waals surface area contributed by atoms with Crippen molar-refractivity contribution in [3.05, 3.63) is 99.4 Å². The van der Waals surface area contributed by atoms with Gasteiger partial charge in [0.15, 0.2) is 0 Å². The van der Waals surface area contributed by atoms with Crippen molar-refractivity contribution in [1.82, 2.24) is 23.3 Å². The molecule has 0 unspecified atom stereocenters. The predicted molar refractivity (Wildman–Crippen MR) is 358 cm³/mol. The van der Waals surface area contributed by atoms with Gasteiger partial charge in [-0.25, -0.2) is 4.79 Å². The molecule has 0 saturated carbocycles. The lowest BCUT2D eigenvalue weighted by molar-refractivity contribution is -0.108. The van der Waals surface area contributed by atoms with Gasteiger partial charge in [-0.1, -0.05) is 220 Å². The van der Waals surface area contributed by atoms with Crippen LogP contribution in [0.4, 0.5) is 4.79 Å². The van der Waals surface area contributed by atoms with E-state index in [0.717, 1.165) is 38.4 Å². The molecule has 1 N–H and O–H groups in total. The first kappa shape index (κ1) is 83.6. The summed E-state index contributed by atoms with van der Waals surface area (Å²) in [5.41, 5.74) is 16.4. The van der Waals surface area contributed by atoms with Gasteiger partial charge in [0.2, 0.25) is 0 Å². The summed E-state index contributed by atoms with van der Waals surface area (Å²) in [6, 6.07) is -0.345. The number of aryl methyl sites for hydroxylation is 1. The van der Waals surface area contributed by atoms with E-state index in [1.807, 2.05) is 73.4 Å². The van der Waals surface area contributed by atoms with Gasteiger partial charge in [-0.3, -0.25) is 29.1 Å². The summed E-state index contributed by atoms with van der Waals surface area (Å²) < 4.78 is 28.4. The number of urea groups is 1. The second kappa shape index (κ2) is 35.5. The van der Waals surface area contributed by atoms with Crippen LogP contribution in [0.3, 0.4) is 0 Å². The van der Waals surface area contributed by atoms with Gasteiger partial charge in [-0.2, -0.15) is 28.6 Å². The van der Waals surface area contributed by atoms with Crippen molar-refractivity contribution < 1.29 is 18.0 Å². The molecule has 0 fully saturated rings. The molecule has 15 nitrogen and oxygen atoms in total. The number of carbonyl (C=O) groups excluding carboxylic acids is 2. The summed E-state index contributed by atoms with van der Waals surface area (Å²) in [6.45, 7) is 57.8. The predicted octanol–water partition coefficient (Wildman–Crippen LogP) is 17.6. The first-order valence-corrected chi connectivity index (χ1v) is 30.8. The van der Waals surface area contributed by atoms with Gasteiger partial charge in [-0.15, -0.1) is 0 Å². The maximum absolute atomic E-state index is 11.7. The molecule has 2 aromatic rings. The van der Waals surface area contributed by atoms with Crippen molar-refractivity contribution in [3.63, 3.8) is 0 Å². The SMILES string of the molecule is C.C.C.C.C=C1N=NC(C(C)C)=C1C(C)C.C=C1NN(C)C(C(C)C)=C1C(C)C.CC(C)C1=C(C(C)C)N(C)S(=O)(=O)C1=O.CC(C)C1=NC(=O)N=C1C(C)C.CC(C)c1c(C(C)C)n(C)sc1=O.CC(C)c1sc(=O)n(C)c1C(C)C. The summed E-state index contributed by atoms with van der Waals surface area (Å²) >= 11 is 2.70. The van der Waals surface area contributed by atoms with E-state index in [1.54, 1.807) is 4.57 Å². The number of carbonyl (C=O) groups is 2. The summed E-state index contributed by atoms with van der Waals surface area (Å²) in [6.07, 6.45) is 0. The number of hydrogen-bond acceptors (Lipinski definition) is 12. The smallest absolute Gasteiger partial charge is 0.306 e. The number of aromatic nitrogens is 2. The lowest BCUT2D eigenvalue weighted by Gasteiger charge is -2.20. The Balaban J connectivity index is -0.000000441. The van der Waals surface area contributed by atoms with Gasteiger partial charge in [0.25, 0.3) is 9.86 Å². The van der Waals surface area contributed by atoms with Crippen LogP contribution in [0.2, 0.25) is 0 Å². The highest BCUT2D eigenvalue weighted by Crippen LogP contribution is 2.36. The van der Waals surface area contributed by atoms with Crippen LogP contribution < -0.4 is 15.0 Å². The van der Waals surface area contributed by atoms with Crippen molar-refractivity contribution in [2.45, 2.75) is 220 Å². The number of nitrogens with one attached hydrogen (secondary N) is 1. The Bertz CT molecular complexity index is 2840. The van der Waals surface area contributed by atoms with Gasteiger partial charge < -0.3 is 8.52 Å². The molecule has 0 radical (unpaired) electrons. The van der Waals surface area contributed by atoms with Gasteiger partial charge in [0.05, 0.1) is 28.5 Å². The summed E-state index contributed by atoms with van der Waals surface area (Å²) in [5.74, 6) is 4.23. The molecule has 4 aliphatic rings. The molecule has 0 aliphatic carbocycles. The Morgan fingerprint density at radius 3 is 1.20 bits per heavy atom. The number of sulfonamides is 1. The van der Waals surface area contributed by atoms with Crippen molar-refractivity contribution >= 4 is 55.5 Å². The Labute approximate surface area is 508 Å². The normalized spacial score (nSPS) is 15.4. The number of aliphatic imine (C=N–C) groups is 2. The highest BCUT2D eigenvalue weighted by Gasteiger charge is 2.43. The summed E-state index contributed by atoms with van der Waals surface area (Å²) in [5, 5.41) is 9.47. The molecular formula is C64H117N9O6S3. The maximum Gasteiger partial charge on any atom is 0.367 e. The molecule has 82 heavy (non-hydrogen) atoms. The third kappa shape index (κ3) is 21.1. The number of rotatable bonds is 12. The molecule has 0 bridgehead atoms. The van der Waals surface area contributed by atoms with Gasteiger partial charge >= 0.3 is 20.9 Å². The first-order chi connectivity index (χ1) is 35.6. The van der Waals surface area contributed by atoms with Gasteiger partial charge in [-0.05, 0) is 82.5 Å². The molecule has 0 spiro atoms. The van der Waals surface area contributed by atoms with Crippen LogP contribution in [0.1, 0.15) is 241 Å². The minimum atomic E-state index is -3.77. The van der Waals surface area contributed by atoms with Crippen molar-refractivity contribution in [3.8, 4) is 0 Å². The van der Waals surface area contributed by atoms with E-state index in [2.05, 4.69) is 162 Å². The highest BCUT2D eigenvalue weighted by molar-refractivity contribution is 8.05. The molecular weight excluding hydrogens is 1090 g/mol. The largest absolute Gasteiger partial charge is 0.367 e. The zero-order valence-corrected chi connectivity index (χ0v) is 55.5. The number of azo groups is 1. The van der Waals surface area contributed by atoms with E-state index >= 15 is 0 Å². The van der Waals surface area contributed by atoms with Crippen molar-refractivity contribution in [2.75, 3.05) is 14.1 Å². The quantitative estimate of drug-likeness (QED) is 0.218. The van der Waals surface area contributed by atoms with Crippen LogP contribution in [0.25, 0.3) is 0 Å². The monoisotopic (exact) mass is 1200 g/mol. The molecule has 0 atom stereocenters. The average molecular weight is 1200 g/mol. The van der Waals surface area contributed by atoms with Crippen LogP contribution in [0.15, 0.2) is 88.2 Å². The molecule has 4 aliphatic heterocycles. The van der Waals surface area contributed by atoms with Crippen molar-refractivity contribution in [2.24, 2.45) is 81.7 Å². The average Bonchev–Trinajstić information content (AvgIpc) is 4.13. The second-order valence-electron chi connectivity index (χ2n) is 23.9. The number of thiazole rings is 1. The molecule has 2 aromatic heterocycles. The zero-order chi connectivity index (χ0) is 61.1. The summed E-state index contributed by atoms with van der Waals surface area (Å²) in [7, 11) is 3.55. The number of allylic oxidation sites excluding steroid dienone is 5. The standard InChI is InChI=1S/C11H20N2.C10H16N2.C10H17NO3S.2C10H17NOS.C9H14N2O.4CH4/c1-7(2)10-9(5)12-13(6)11(10)8(3)4;1-6(2)9-8(5)11-12-10(9)7(3)4;1-6(2)8-9(7(3)4)11(5)15(13,14)10(8)12;1-6(2)8-9(7(3)4)13-10(12)11(8)5;1-6(2)8-9(7(3)4)11(5)13-10(8)12;1-5(2)7-8(6(3)4)11-9(12)10-7;;;;/h7-8,12H,5H2,1-4,6H3;6-7H,5H2,1-4H3;6-7H,1-5H3;2*6-7H,1-5H3;5-6H,1-4H3;4*1H4. The third-order valence-corrected chi connectivity index (χ3v) is 16.9. The molecule has 6 rings (SSSR count). The lowest BCUT2D eigenvalue weighted by Crippen LogP contribution is -2.27. The van der Waals surface area contributed by atoms with Crippen LogP contribution >= 0.6 is 22.9 Å². The molecule has 2 amide bonds. The first-order valence-electron chi connectivity index (χ1n) is 27.8. The highest BCUT2D eigenvalue weighted by atomic mass is 32.2. The minimum absolute atomic E-state index is 0. The zero-order valence-electron chi connectivity index (χ0n) is 53.1. The molecule has 6 heterocycles. The Hall–Kier alpha value is -4.81. The van der Waals surface area contributed by atoms with E-state index in [-0.39, 0.29) is 69.0 Å². The Kier molecular flexibility index (Phi) is 36.2. The fourth-order valence-corrected chi connectivity index (χ4v) is 13.4. The number of hydrazine groups is 1.